The molecule has 17 heavy (non-hydrogen) atoms. The van der Waals surface area contributed by atoms with E-state index in [-0.39, 0.29) is 18.1 Å². The second kappa shape index (κ2) is 5.13. The van der Waals surface area contributed by atoms with E-state index >= 15 is 0 Å². The maximum absolute atomic E-state index is 9.62. The van der Waals surface area contributed by atoms with Crippen LogP contribution in [0.2, 0.25) is 0 Å². The van der Waals surface area contributed by atoms with Crippen molar-refractivity contribution in [3.05, 3.63) is 0 Å². The number of aromatic nitrogens is 3. The lowest BCUT2D eigenvalue weighted by molar-refractivity contribution is 0.153. The molecule has 1 atom stereocenters. The first-order chi connectivity index (χ1) is 8.22. The summed E-state index contributed by atoms with van der Waals surface area (Å²) < 4.78 is 9.97. The highest BCUT2D eigenvalue weighted by molar-refractivity contribution is 5.33. The van der Waals surface area contributed by atoms with Crippen molar-refractivity contribution in [2.24, 2.45) is 0 Å². The zero-order valence-corrected chi connectivity index (χ0v) is 9.96. The first kappa shape index (κ1) is 11.8. The van der Waals surface area contributed by atoms with Crippen LogP contribution in [0.25, 0.3) is 0 Å². The Morgan fingerprint density at radius 2 is 1.82 bits per heavy atom. The van der Waals surface area contributed by atoms with Crippen LogP contribution in [0, 0.1) is 0 Å². The Labute approximate surface area is 99.4 Å². The lowest BCUT2D eigenvalue weighted by Gasteiger charge is -2.29. The molecule has 7 heteroatoms. The van der Waals surface area contributed by atoms with Crippen molar-refractivity contribution in [3.63, 3.8) is 0 Å². The molecule has 0 spiro atoms. The minimum Gasteiger partial charge on any atom is -0.467 e. The molecule has 1 saturated heterocycles. The fourth-order valence-corrected chi connectivity index (χ4v) is 1.79. The van der Waals surface area contributed by atoms with Crippen LogP contribution in [0.1, 0.15) is 12.8 Å². The van der Waals surface area contributed by atoms with Crippen molar-refractivity contribution < 1.29 is 14.6 Å². The molecule has 0 saturated carbocycles. The first-order valence-corrected chi connectivity index (χ1v) is 5.50. The van der Waals surface area contributed by atoms with Gasteiger partial charge in [-0.15, -0.1) is 4.98 Å². The summed E-state index contributed by atoms with van der Waals surface area (Å²) in [4.78, 5) is 14.1. The van der Waals surface area contributed by atoms with E-state index in [9.17, 15) is 5.11 Å². The Hall–Kier alpha value is -1.63. The van der Waals surface area contributed by atoms with Crippen molar-refractivity contribution in [1.82, 2.24) is 15.0 Å². The van der Waals surface area contributed by atoms with E-state index in [0.29, 0.717) is 12.5 Å². The molecule has 7 nitrogen and oxygen atoms in total. The number of piperidine rings is 1. The van der Waals surface area contributed by atoms with Crippen molar-refractivity contribution in [2.45, 2.75) is 18.9 Å². The van der Waals surface area contributed by atoms with Crippen molar-refractivity contribution in [2.75, 3.05) is 32.2 Å². The molecule has 1 aliphatic rings. The van der Waals surface area contributed by atoms with Crippen LogP contribution in [-0.4, -0.2) is 53.5 Å². The van der Waals surface area contributed by atoms with E-state index in [1.165, 1.54) is 14.2 Å². The van der Waals surface area contributed by atoms with E-state index in [1.807, 2.05) is 4.90 Å². The molecule has 1 fully saturated rings. The average molecular weight is 240 g/mol. The van der Waals surface area contributed by atoms with Gasteiger partial charge in [0, 0.05) is 13.1 Å². The Morgan fingerprint density at radius 3 is 2.35 bits per heavy atom. The topological polar surface area (TPSA) is 80.6 Å². The van der Waals surface area contributed by atoms with Gasteiger partial charge in [-0.1, -0.05) is 0 Å². The van der Waals surface area contributed by atoms with Crippen molar-refractivity contribution in [1.29, 1.82) is 0 Å². The van der Waals surface area contributed by atoms with Gasteiger partial charge in [-0.3, -0.25) is 0 Å². The van der Waals surface area contributed by atoms with Gasteiger partial charge in [0.25, 0.3) is 0 Å². The number of hydrogen-bond acceptors (Lipinski definition) is 7. The number of anilines is 1. The SMILES string of the molecule is COc1nc(OC)nc(N2CCCC(O)C2)n1. The summed E-state index contributed by atoms with van der Waals surface area (Å²) in [6.45, 7) is 1.34. The van der Waals surface area contributed by atoms with E-state index in [4.69, 9.17) is 9.47 Å². The molecular formula is C10H16N4O3. The number of rotatable bonds is 3. The largest absolute Gasteiger partial charge is 0.467 e. The highest BCUT2D eigenvalue weighted by Crippen LogP contribution is 2.19. The van der Waals surface area contributed by atoms with Gasteiger partial charge >= 0.3 is 12.0 Å². The normalized spacial score (nSPS) is 20.2. The quantitative estimate of drug-likeness (QED) is 0.786. The standard InChI is InChI=1S/C10H16N4O3/c1-16-9-11-8(12-10(13-9)17-2)14-5-3-4-7(15)6-14/h7,15H,3-6H2,1-2H3. The average Bonchev–Trinajstić information content (AvgIpc) is 2.38. The third kappa shape index (κ3) is 2.73. The van der Waals surface area contributed by atoms with Gasteiger partial charge in [-0.05, 0) is 12.8 Å². The lowest BCUT2D eigenvalue weighted by Crippen LogP contribution is -2.39. The van der Waals surface area contributed by atoms with Gasteiger partial charge in [0.1, 0.15) is 0 Å². The van der Waals surface area contributed by atoms with Gasteiger partial charge in [-0.2, -0.15) is 9.97 Å². The summed E-state index contributed by atoms with van der Waals surface area (Å²) in [6, 6.07) is 0.429. The lowest BCUT2D eigenvalue weighted by atomic mass is 10.1. The predicted octanol–water partition coefficient (Wildman–Crippen LogP) is -0.150. The summed E-state index contributed by atoms with van der Waals surface area (Å²) in [5.74, 6) is 0.479. The van der Waals surface area contributed by atoms with Crippen LogP contribution in [0.5, 0.6) is 12.0 Å². The van der Waals surface area contributed by atoms with Gasteiger partial charge in [0.15, 0.2) is 0 Å². The maximum Gasteiger partial charge on any atom is 0.324 e. The third-order valence-electron chi connectivity index (χ3n) is 2.63. The minimum absolute atomic E-state index is 0.215. The Bertz CT molecular complexity index is 366. The van der Waals surface area contributed by atoms with Crippen molar-refractivity contribution in [3.8, 4) is 12.0 Å². The second-order valence-electron chi connectivity index (χ2n) is 3.85. The van der Waals surface area contributed by atoms with Crippen LogP contribution >= 0.6 is 0 Å². The van der Waals surface area contributed by atoms with Crippen LogP contribution in [0.15, 0.2) is 0 Å². The number of hydrogen-bond donors (Lipinski definition) is 1. The molecule has 2 rings (SSSR count). The monoisotopic (exact) mass is 240 g/mol. The van der Waals surface area contributed by atoms with Gasteiger partial charge < -0.3 is 19.5 Å². The highest BCUT2D eigenvalue weighted by atomic mass is 16.5. The molecule has 0 amide bonds. The molecule has 2 heterocycles. The third-order valence-corrected chi connectivity index (χ3v) is 2.63. The molecule has 0 bridgehead atoms. The fourth-order valence-electron chi connectivity index (χ4n) is 1.79. The molecule has 1 unspecified atom stereocenters. The van der Waals surface area contributed by atoms with Gasteiger partial charge in [0.2, 0.25) is 5.95 Å². The Balaban J connectivity index is 2.23. The molecule has 1 aliphatic heterocycles. The van der Waals surface area contributed by atoms with Gasteiger partial charge in [-0.25, -0.2) is 0 Å². The summed E-state index contributed by atoms with van der Waals surface area (Å²) in [5.41, 5.74) is 0. The smallest absolute Gasteiger partial charge is 0.324 e. The molecule has 1 aromatic heterocycles. The Morgan fingerprint density at radius 1 is 1.18 bits per heavy atom. The zero-order chi connectivity index (χ0) is 12.3. The van der Waals surface area contributed by atoms with Crippen LogP contribution in [0.3, 0.4) is 0 Å². The molecule has 0 radical (unpaired) electrons. The van der Waals surface area contributed by atoms with E-state index in [0.717, 1.165) is 19.4 Å². The van der Waals surface area contributed by atoms with Crippen molar-refractivity contribution >= 4 is 5.95 Å². The molecule has 1 N–H and O–H groups in total. The summed E-state index contributed by atoms with van der Waals surface area (Å²) in [6.07, 6.45) is 1.39. The van der Waals surface area contributed by atoms with E-state index in [2.05, 4.69) is 15.0 Å². The predicted molar refractivity (Wildman–Crippen MR) is 60.4 cm³/mol. The highest BCUT2D eigenvalue weighted by Gasteiger charge is 2.21. The number of ether oxygens (including phenoxy) is 2. The minimum atomic E-state index is -0.336. The number of aliphatic hydroxyl groups is 1. The molecule has 94 valence electrons. The van der Waals surface area contributed by atoms with Gasteiger partial charge in [0.05, 0.1) is 20.3 Å². The maximum atomic E-state index is 9.62. The summed E-state index contributed by atoms with van der Waals surface area (Å²) in [7, 11) is 2.98. The second-order valence-corrected chi connectivity index (χ2v) is 3.85. The number of nitrogens with zero attached hydrogens (tertiary/aromatic N) is 4. The van der Waals surface area contributed by atoms with E-state index < -0.39 is 0 Å². The number of aliphatic hydroxyl groups excluding tert-OH is 1. The van der Waals surface area contributed by atoms with E-state index in [1.54, 1.807) is 0 Å². The zero-order valence-electron chi connectivity index (χ0n) is 9.96. The van der Waals surface area contributed by atoms with Crippen LogP contribution in [-0.2, 0) is 0 Å². The number of β-amino-alcohol motifs (C(OH)–C–C–N with tert-alkyl or cyclic N) is 1. The first-order valence-electron chi connectivity index (χ1n) is 5.50. The molecule has 0 aromatic carbocycles. The summed E-state index contributed by atoms with van der Waals surface area (Å²) in [5, 5.41) is 9.62. The molecular weight excluding hydrogens is 224 g/mol. The number of methoxy groups -OCH3 is 2. The molecule has 1 aromatic rings. The molecule has 0 aliphatic carbocycles. The fraction of sp³-hybridized carbons (Fsp3) is 0.700. The summed E-state index contributed by atoms with van der Waals surface area (Å²) >= 11 is 0. The van der Waals surface area contributed by atoms with Crippen LogP contribution < -0.4 is 14.4 Å². The van der Waals surface area contributed by atoms with Crippen LogP contribution in [0.4, 0.5) is 5.95 Å². The Kier molecular flexibility index (Phi) is 3.58.